The minimum absolute atomic E-state index is 0.0295. The van der Waals surface area contributed by atoms with Gasteiger partial charge in [0, 0.05) is 13.0 Å². The van der Waals surface area contributed by atoms with E-state index in [1.807, 2.05) is 13.1 Å². The first kappa shape index (κ1) is 23.1. The highest BCUT2D eigenvalue weighted by Crippen LogP contribution is 2.45. The summed E-state index contributed by atoms with van der Waals surface area (Å²) in [5, 5.41) is 0. The van der Waals surface area contributed by atoms with E-state index in [1.165, 1.54) is 6.08 Å². The quantitative estimate of drug-likeness (QED) is 0.350. The van der Waals surface area contributed by atoms with Crippen LogP contribution in [0.25, 0.3) is 0 Å². The zero-order valence-corrected chi connectivity index (χ0v) is 18.8. The molecule has 0 N–H and O–H groups in total. The number of carbonyl (C=O) groups excluding carboxylic acids is 1. The molecule has 0 aliphatic carbocycles. The van der Waals surface area contributed by atoms with E-state index >= 15 is 0 Å². The first-order chi connectivity index (χ1) is 11.8. The minimum Gasteiger partial charge on any atom is -0.445 e. The van der Waals surface area contributed by atoms with E-state index in [4.69, 9.17) is 13.3 Å². The Bertz CT molecular complexity index is 601. The smallest absolute Gasteiger partial charge is 0.412 e. The van der Waals surface area contributed by atoms with Crippen molar-refractivity contribution in [3.63, 3.8) is 0 Å². The van der Waals surface area contributed by atoms with Crippen LogP contribution >= 0.6 is 0 Å². The Balaban J connectivity index is 3.14. The number of amides is 1. The molecule has 1 aliphatic heterocycles. The van der Waals surface area contributed by atoms with Crippen molar-refractivity contribution >= 4 is 25.3 Å². The third-order valence-corrected chi connectivity index (χ3v) is 5.98. The van der Waals surface area contributed by atoms with E-state index in [2.05, 4.69) is 27.4 Å². The molecule has 1 amide bonds. The summed E-state index contributed by atoms with van der Waals surface area (Å²) in [7, 11) is -5.10. The number of carbonyl (C=O) groups is 1. The zero-order valence-electron chi connectivity index (χ0n) is 16.8. The highest BCUT2D eigenvalue weighted by molar-refractivity contribution is 7.85. The fraction of sp³-hybridized carbons (Fsp3) is 0.824. The summed E-state index contributed by atoms with van der Waals surface area (Å²) in [6.07, 6.45) is 2.96. The number of nitrogens with zero attached hydrogens (tertiary/aromatic N) is 1. The standard InChI is InChI=1S/C17H33NO6SSi/c1-8-10-22-15(19)18-13-14(16(2,3)4)12-17(18,24-26(6)7)9-11-23-25(5,20)21/h8,14,26H,1,9-13H2,2-7H3/t14-,17-/m0/s1. The van der Waals surface area contributed by atoms with Crippen LogP contribution in [0.15, 0.2) is 12.7 Å². The van der Waals surface area contributed by atoms with Gasteiger partial charge >= 0.3 is 6.09 Å². The normalized spacial score (nSPS) is 24.1. The van der Waals surface area contributed by atoms with Gasteiger partial charge < -0.3 is 9.16 Å². The van der Waals surface area contributed by atoms with Crippen molar-refractivity contribution in [2.24, 2.45) is 11.3 Å². The van der Waals surface area contributed by atoms with Crippen molar-refractivity contribution < 1.29 is 26.6 Å². The third kappa shape index (κ3) is 6.68. The molecule has 1 fully saturated rings. The molecule has 0 aromatic carbocycles. The number of likely N-dealkylation sites (tertiary alicyclic amines) is 1. The van der Waals surface area contributed by atoms with Crippen LogP contribution in [-0.2, 0) is 23.5 Å². The Labute approximate surface area is 159 Å². The Morgan fingerprint density at radius 3 is 2.46 bits per heavy atom. The van der Waals surface area contributed by atoms with Crippen LogP contribution in [0.2, 0.25) is 13.1 Å². The lowest BCUT2D eigenvalue weighted by atomic mass is 9.78. The molecule has 152 valence electrons. The van der Waals surface area contributed by atoms with E-state index < -0.39 is 31.0 Å². The first-order valence-corrected chi connectivity index (χ1v) is 13.5. The zero-order chi connectivity index (χ0) is 20.2. The van der Waals surface area contributed by atoms with Gasteiger partial charge in [0.1, 0.15) is 12.3 Å². The van der Waals surface area contributed by atoms with Gasteiger partial charge in [-0.3, -0.25) is 9.08 Å². The summed E-state index contributed by atoms with van der Waals surface area (Å²) in [6, 6.07) is 0. The van der Waals surface area contributed by atoms with Gasteiger partial charge in [0.25, 0.3) is 10.1 Å². The molecule has 1 aliphatic rings. The number of hydrogen-bond donors (Lipinski definition) is 0. The van der Waals surface area contributed by atoms with Crippen LogP contribution in [0.3, 0.4) is 0 Å². The highest BCUT2D eigenvalue weighted by atomic mass is 32.2. The topological polar surface area (TPSA) is 82.1 Å². The van der Waals surface area contributed by atoms with Crippen molar-refractivity contribution in [3.8, 4) is 0 Å². The summed E-state index contributed by atoms with van der Waals surface area (Å²) in [4.78, 5) is 14.3. The summed E-state index contributed by atoms with van der Waals surface area (Å²) >= 11 is 0. The third-order valence-electron chi connectivity index (χ3n) is 4.48. The van der Waals surface area contributed by atoms with E-state index in [1.54, 1.807) is 4.90 Å². The fourth-order valence-electron chi connectivity index (χ4n) is 3.17. The molecule has 0 bridgehead atoms. The second kappa shape index (κ2) is 8.86. The average Bonchev–Trinajstić information content (AvgIpc) is 2.82. The Morgan fingerprint density at radius 2 is 2.00 bits per heavy atom. The van der Waals surface area contributed by atoms with Crippen LogP contribution in [-0.4, -0.2) is 60.2 Å². The minimum atomic E-state index is -3.56. The van der Waals surface area contributed by atoms with Crippen molar-refractivity contribution in [1.29, 1.82) is 0 Å². The lowest BCUT2D eigenvalue weighted by molar-refractivity contribution is -0.0634. The fourth-order valence-corrected chi connectivity index (χ4v) is 4.78. The van der Waals surface area contributed by atoms with Gasteiger partial charge in [0.05, 0.1) is 12.9 Å². The number of ether oxygens (including phenoxy) is 1. The molecule has 1 rings (SSSR count). The van der Waals surface area contributed by atoms with Crippen LogP contribution in [0.5, 0.6) is 0 Å². The Kier molecular flexibility index (Phi) is 7.88. The molecule has 0 unspecified atom stereocenters. The molecule has 9 heteroatoms. The summed E-state index contributed by atoms with van der Waals surface area (Å²) < 4.78 is 39.2. The van der Waals surface area contributed by atoms with E-state index in [-0.39, 0.29) is 31.0 Å². The monoisotopic (exact) mass is 407 g/mol. The van der Waals surface area contributed by atoms with Crippen molar-refractivity contribution in [2.45, 2.75) is 52.4 Å². The van der Waals surface area contributed by atoms with Crippen LogP contribution in [0.4, 0.5) is 4.79 Å². The Morgan fingerprint density at radius 1 is 1.38 bits per heavy atom. The van der Waals surface area contributed by atoms with Crippen molar-refractivity contribution in [1.82, 2.24) is 4.90 Å². The second-order valence-corrected chi connectivity index (χ2v) is 12.1. The summed E-state index contributed by atoms with van der Waals surface area (Å²) in [5.41, 5.74) is -0.931. The molecule has 1 heterocycles. The van der Waals surface area contributed by atoms with Crippen LogP contribution in [0.1, 0.15) is 33.6 Å². The van der Waals surface area contributed by atoms with E-state index in [9.17, 15) is 13.2 Å². The maximum absolute atomic E-state index is 12.7. The SMILES string of the molecule is C=CCOC(=O)N1C[C@@H](C(C)(C)C)C[C@]1(CCOS(C)(=O)=O)O[SiH](C)C. The average molecular weight is 408 g/mol. The molecule has 26 heavy (non-hydrogen) atoms. The molecule has 2 atom stereocenters. The molecular formula is C17H33NO6SSi. The number of rotatable bonds is 8. The molecule has 0 aromatic rings. The second-order valence-electron chi connectivity index (χ2n) is 8.13. The summed E-state index contributed by atoms with van der Waals surface area (Å²) in [5.74, 6) is 0.199. The summed E-state index contributed by atoms with van der Waals surface area (Å²) in [6.45, 7) is 14.6. The van der Waals surface area contributed by atoms with Gasteiger partial charge in [0.15, 0.2) is 9.04 Å². The van der Waals surface area contributed by atoms with E-state index in [0.717, 1.165) is 6.26 Å². The molecule has 0 aromatic heterocycles. The molecule has 0 saturated carbocycles. The van der Waals surface area contributed by atoms with Crippen LogP contribution < -0.4 is 0 Å². The lowest BCUT2D eigenvalue weighted by Gasteiger charge is -2.39. The van der Waals surface area contributed by atoms with Crippen molar-refractivity contribution in [3.05, 3.63) is 12.7 Å². The van der Waals surface area contributed by atoms with Gasteiger partial charge in [-0.15, -0.1) is 0 Å². The molecule has 0 radical (unpaired) electrons. The first-order valence-electron chi connectivity index (χ1n) is 8.88. The van der Waals surface area contributed by atoms with Crippen molar-refractivity contribution in [2.75, 3.05) is 26.0 Å². The predicted molar refractivity (Wildman–Crippen MR) is 104 cm³/mol. The maximum atomic E-state index is 12.7. The van der Waals surface area contributed by atoms with Gasteiger partial charge in [-0.05, 0) is 30.8 Å². The molecule has 0 spiro atoms. The molecular weight excluding hydrogens is 374 g/mol. The van der Waals surface area contributed by atoms with Crippen LogP contribution in [0, 0.1) is 11.3 Å². The Hall–Kier alpha value is -0.903. The van der Waals surface area contributed by atoms with Gasteiger partial charge in [-0.2, -0.15) is 8.42 Å². The molecule has 7 nitrogen and oxygen atoms in total. The molecule has 1 saturated heterocycles. The maximum Gasteiger partial charge on any atom is 0.412 e. The number of hydrogen-bond acceptors (Lipinski definition) is 6. The van der Waals surface area contributed by atoms with Gasteiger partial charge in [0.2, 0.25) is 0 Å². The highest BCUT2D eigenvalue weighted by Gasteiger charge is 2.52. The van der Waals surface area contributed by atoms with E-state index in [0.29, 0.717) is 13.0 Å². The predicted octanol–water partition coefficient (Wildman–Crippen LogP) is 2.74. The largest absolute Gasteiger partial charge is 0.445 e. The van der Waals surface area contributed by atoms with Gasteiger partial charge in [-0.25, -0.2) is 4.79 Å². The lowest BCUT2D eigenvalue weighted by Crippen LogP contribution is -2.52. The van der Waals surface area contributed by atoms with Gasteiger partial charge in [-0.1, -0.05) is 33.4 Å².